The van der Waals surface area contributed by atoms with Crippen molar-refractivity contribution in [3.8, 4) is 0 Å². The standard InChI is InChI=1S/C15H24N2O4/c18-9-4-7-14(11-16-8-10-19)17-15(20)21-12-13-5-2-1-3-6-13/h1-3,5-6,14,16,18-19H,4,7-12H2,(H,17,20)/t14-/m0/s1. The maximum Gasteiger partial charge on any atom is 0.407 e. The summed E-state index contributed by atoms with van der Waals surface area (Å²) in [5, 5.41) is 23.4. The van der Waals surface area contributed by atoms with Gasteiger partial charge in [0, 0.05) is 25.7 Å². The van der Waals surface area contributed by atoms with E-state index in [1.807, 2.05) is 30.3 Å². The van der Waals surface area contributed by atoms with Crippen LogP contribution in [0.25, 0.3) is 0 Å². The number of nitrogens with one attached hydrogen (secondary N) is 2. The number of benzene rings is 1. The molecular weight excluding hydrogens is 272 g/mol. The minimum atomic E-state index is -0.479. The number of carbonyl (C=O) groups excluding carboxylic acids is 1. The van der Waals surface area contributed by atoms with Crippen LogP contribution in [0.1, 0.15) is 18.4 Å². The molecule has 0 aliphatic heterocycles. The topological polar surface area (TPSA) is 90.8 Å². The van der Waals surface area contributed by atoms with E-state index in [0.717, 1.165) is 5.56 Å². The zero-order chi connectivity index (χ0) is 15.3. The summed E-state index contributed by atoms with van der Waals surface area (Å²) in [6.45, 7) is 1.35. The Balaban J connectivity index is 2.32. The Morgan fingerprint density at radius 1 is 1.19 bits per heavy atom. The minimum Gasteiger partial charge on any atom is -0.445 e. The van der Waals surface area contributed by atoms with Crippen molar-refractivity contribution in [1.82, 2.24) is 10.6 Å². The highest BCUT2D eigenvalue weighted by Gasteiger charge is 2.12. The van der Waals surface area contributed by atoms with Gasteiger partial charge in [-0.15, -0.1) is 0 Å². The average molecular weight is 296 g/mol. The van der Waals surface area contributed by atoms with Gasteiger partial charge in [0.1, 0.15) is 6.61 Å². The number of aliphatic hydroxyl groups excluding tert-OH is 2. The first-order chi connectivity index (χ1) is 10.3. The summed E-state index contributed by atoms with van der Waals surface area (Å²) in [7, 11) is 0. The maximum absolute atomic E-state index is 11.7. The fourth-order valence-electron chi connectivity index (χ4n) is 1.85. The van der Waals surface area contributed by atoms with E-state index in [9.17, 15) is 4.79 Å². The summed E-state index contributed by atoms with van der Waals surface area (Å²) in [6.07, 6.45) is 0.771. The van der Waals surface area contributed by atoms with Crippen LogP contribution in [0.4, 0.5) is 4.79 Å². The van der Waals surface area contributed by atoms with E-state index in [0.29, 0.717) is 25.9 Å². The Morgan fingerprint density at radius 3 is 2.62 bits per heavy atom. The highest BCUT2D eigenvalue weighted by molar-refractivity contribution is 5.67. The zero-order valence-electron chi connectivity index (χ0n) is 12.1. The van der Waals surface area contributed by atoms with Gasteiger partial charge in [-0.25, -0.2) is 4.79 Å². The molecular formula is C15H24N2O4. The number of rotatable bonds is 10. The highest BCUT2D eigenvalue weighted by atomic mass is 16.5. The van der Waals surface area contributed by atoms with E-state index >= 15 is 0 Å². The zero-order valence-corrected chi connectivity index (χ0v) is 12.1. The van der Waals surface area contributed by atoms with Crippen LogP contribution in [-0.2, 0) is 11.3 Å². The molecule has 118 valence electrons. The van der Waals surface area contributed by atoms with Gasteiger partial charge < -0.3 is 25.6 Å². The molecule has 0 radical (unpaired) electrons. The predicted molar refractivity (Wildman–Crippen MR) is 79.8 cm³/mol. The van der Waals surface area contributed by atoms with Crippen LogP contribution in [-0.4, -0.2) is 48.7 Å². The lowest BCUT2D eigenvalue weighted by Crippen LogP contribution is -2.43. The van der Waals surface area contributed by atoms with Crippen LogP contribution in [0.15, 0.2) is 30.3 Å². The number of aliphatic hydroxyl groups is 2. The Bertz CT molecular complexity index is 387. The lowest BCUT2D eigenvalue weighted by molar-refractivity contribution is 0.134. The van der Waals surface area contributed by atoms with Crippen molar-refractivity contribution < 1.29 is 19.7 Å². The van der Waals surface area contributed by atoms with Gasteiger partial charge in [-0.2, -0.15) is 0 Å². The number of alkyl carbamates (subject to hydrolysis) is 1. The second-order valence-electron chi connectivity index (χ2n) is 4.70. The molecule has 21 heavy (non-hydrogen) atoms. The molecule has 0 aliphatic rings. The number of hydrogen-bond acceptors (Lipinski definition) is 5. The molecule has 0 heterocycles. The Kier molecular flexibility index (Phi) is 9.19. The fourth-order valence-corrected chi connectivity index (χ4v) is 1.85. The van der Waals surface area contributed by atoms with Crippen molar-refractivity contribution in [1.29, 1.82) is 0 Å². The van der Waals surface area contributed by atoms with Gasteiger partial charge in [-0.1, -0.05) is 30.3 Å². The van der Waals surface area contributed by atoms with Gasteiger partial charge >= 0.3 is 6.09 Å². The van der Waals surface area contributed by atoms with Crippen LogP contribution in [0.2, 0.25) is 0 Å². The predicted octanol–water partition coefficient (Wildman–Crippen LogP) is 0.636. The monoisotopic (exact) mass is 296 g/mol. The summed E-state index contributed by atoms with van der Waals surface area (Å²) >= 11 is 0. The Labute approximate surface area is 125 Å². The van der Waals surface area contributed by atoms with E-state index in [4.69, 9.17) is 14.9 Å². The Hall–Kier alpha value is -1.63. The number of amides is 1. The van der Waals surface area contributed by atoms with Gasteiger partial charge in [-0.05, 0) is 18.4 Å². The largest absolute Gasteiger partial charge is 0.445 e. The molecule has 0 aliphatic carbocycles. The fraction of sp³-hybridized carbons (Fsp3) is 0.533. The summed E-state index contributed by atoms with van der Waals surface area (Å²) in [6, 6.07) is 9.32. The van der Waals surface area contributed by atoms with Gasteiger partial charge in [0.15, 0.2) is 0 Å². The number of hydrogen-bond donors (Lipinski definition) is 4. The highest BCUT2D eigenvalue weighted by Crippen LogP contribution is 2.02. The van der Waals surface area contributed by atoms with Crippen LogP contribution in [0, 0.1) is 0 Å². The lowest BCUT2D eigenvalue weighted by Gasteiger charge is -2.18. The SMILES string of the molecule is O=C(N[C@@H](CCCO)CNCCO)OCc1ccccc1. The first-order valence-corrected chi connectivity index (χ1v) is 7.16. The third kappa shape index (κ3) is 8.29. The Morgan fingerprint density at radius 2 is 1.95 bits per heavy atom. The first-order valence-electron chi connectivity index (χ1n) is 7.16. The molecule has 1 rings (SSSR count). The van der Waals surface area contributed by atoms with Crippen molar-refractivity contribution in [2.24, 2.45) is 0 Å². The van der Waals surface area contributed by atoms with Gasteiger partial charge in [0.25, 0.3) is 0 Å². The first kappa shape index (κ1) is 17.4. The molecule has 0 saturated carbocycles. The minimum absolute atomic E-state index is 0.0468. The molecule has 0 spiro atoms. The van der Waals surface area contributed by atoms with E-state index in [1.165, 1.54) is 0 Å². The molecule has 0 bridgehead atoms. The second-order valence-corrected chi connectivity index (χ2v) is 4.70. The molecule has 6 heteroatoms. The van der Waals surface area contributed by atoms with Crippen molar-refractivity contribution in [2.45, 2.75) is 25.5 Å². The maximum atomic E-state index is 11.7. The lowest BCUT2D eigenvalue weighted by atomic mass is 10.1. The van der Waals surface area contributed by atoms with E-state index in [1.54, 1.807) is 0 Å². The molecule has 4 N–H and O–H groups in total. The molecule has 1 atom stereocenters. The molecule has 6 nitrogen and oxygen atoms in total. The van der Waals surface area contributed by atoms with Crippen molar-refractivity contribution >= 4 is 6.09 Å². The summed E-state index contributed by atoms with van der Waals surface area (Å²) in [4.78, 5) is 11.7. The summed E-state index contributed by atoms with van der Waals surface area (Å²) in [5.41, 5.74) is 0.929. The molecule has 1 aromatic rings. The molecule has 1 aromatic carbocycles. The van der Waals surface area contributed by atoms with Crippen molar-refractivity contribution in [2.75, 3.05) is 26.3 Å². The van der Waals surface area contributed by atoms with Crippen molar-refractivity contribution in [3.63, 3.8) is 0 Å². The summed E-state index contributed by atoms with van der Waals surface area (Å²) in [5.74, 6) is 0. The van der Waals surface area contributed by atoms with Gasteiger partial charge in [0.05, 0.1) is 6.61 Å². The number of carbonyl (C=O) groups is 1. The third-order valence-electron chi connectivity index (χ3n) is 2.92. The molecule has 0 unspecified atom stereocenters. The quantitative estimate of drug-likeness (QED) is 0.476. The second kappa shape index (κ2) is 11.1. The third-order valence-corrected chi connectivity index (χ3v) is 2.92. The average Bonchev–Trinajstić information content (AvgIpc) is 2.51. The molecule has 1 amide bonds. The summed E-state index contributed by atoms with van der Waals surface area (Å²) < 4.78 is 5.16. The smallest absolute Gasteiger partial charge is 0.407 e. The van der Waals surface area contributed by atoms with Crippen LogP contribution in [0.5, 0.6) is 0 Å². The normalized spacial score (nSPS) is 11.9. The molecule has 0 aromatic heterocycles. The molecule has 0 saturated heterocycles. The number of ether oxygens (including phenoxy) is 1. The molecule has 0 fully saturated rings. The van der Waals surface area contributed by atoms with Crippen LogP contribution >= 0.6 is 0 Å². The van der Waals surface area contributed by atoms with Crippen LogP contribution < -0.4 is 10.6 Å². The van der Waals surface area contributed by atoms with Crippen LogP contribution in [0.3, 0.4) is 0 Å². The van der Waals surface area contributed by atoms with E-state index in [-0.39, 0.29) is 25.9 Å². The van der Waals surface area contributed by atoms with E-state index < -0.39 is 6.09 Å². The van der Waals surface area contributed by atoms with Gasteiger partial charge in [0.2, 0.25) is 0 Å². The van der Waals surface area contributed by atoms with E-state index in [2.05, 4.69) is 10.6 Å². The van der Waals surface area contributed by atoms with Crippen molar-refractivity contribution in [3.05, 3.63) is 35.9 Å². The van der Waals surface area contributed by atoms with Gasteiger partial charge in [-0.3, -0.25) is 0 Å².